The number of carboxylic acid groups (broad SMARTS) is 1. The summed E-state index contributed by atoms with van der Waals surface area (Å²) in [6, 6.07) is 0. The largest absolute Gasteiger partial charge is 0.481 e. The van der Waals surface area contributed by atoms with Gasteiger partial charge in [0, 0.05) is 18.6 Å². The molecule has 1 heterocycles. The number of likely N-dealkylation sites (tertiary alicyclic amines) is 1. The Morgan fingerprint density at radius 2 is 1.93 bits per heavy atom. The molecule has 1 aliphatic heterocycles. The summed E-state index contributed by atoms with van der Waals surface area (Å²) < 4.78 is 0. The van der Waals surface area contributed by atoms with Crippen LogP contribution in [-0.4, -0.2) is 34.6 Å². The third-order valence-corrected chi connectivity index (χ3v) is 4.00. The Hall–Kier alpha value is -0.570. The van der Waals surface area contributed by atoms with Gasteiger partial charge in [0.25, 0.3) is 0 Å². The summed E-state index contributed by atoms with van der Waals surface area (Å²) in [5.74, 6) is 0.133. The van der Waals surface area contributed by atoms with Crippen molar-refractivity contribution in [1.82, 2.24) is 4.90 Å². The van der Waals surface area contributed by atoms with Gasteiger partial charge in [-0.2, -0.15) is 0 Å². The molecule has 1 saturated carbocycles. The normalized spacial score (nSPS) is 27.3. The monoisotopic (exact) mass is 211 g/mol. The minimum absolute atomic E-state index is 0.0105. The van der Waals surface area contributed by atoms with Crippen LogP contribution in [0.25, 0.3) is 0 Å². The Morgan fingerprint density at radius 1 is 1.33 bits per heavy atom. The van der Waals surface area contributed by atoms with Gasteiger partial charge in [0.15, 0.2) is 0 Å². The Kier molecular flexibility index (Phi) is 3.01. The van der Waals surface area contributed by atoms with Crippen molar-refractivity contribution >= 4 is 5.97 Å². The summed E-state index contributed by atoms with van der Waals surface area (Å²) >= 11 is 0. The number of nitrogens with zero attached hydrogens (tertiary/aromatic N) is 1. The highest BCUT2D eigenvalue weighted by atomic mass is 16.4. The van der Waals surface area contributed by atoms with Crippen molar-refractivity contribution in [3.05, 3.63) is 0 Å². The summed E-state index contributed by atoms with van der Waals surface area (Å²) in [4.78, 5) is 13.4. The molecule has 1 saturated heterocycles. The molecule has 0 aromatic carbocycles. The van der Waals surface area contributed by atoms with Crippen LogP contribution in [0.1, 0.15) is 45.4 Å². The zero-order chi connectivity index (χ0) is 10.9. The lowest BCUT2D eigenvalue weighted by Gasteiger charge is -2.53. The molecular formula is C12H21NO2. The molecule has 0 aromatic heterocycles. The van der Waals surface area contributed by atoms with Crippen LogP contribution in [0.4, 0.5) is 0 Å². The zero-order valence-corrected chi connectivity index (χ0v) is 9.54. The van der Waals surface area contributed by atoms with Crippen molar-refractivity contribution in [1.29, 1.82) is 0 Å². The van der Waals surface area contributed by atoms with Crippen molar-refractivity contribution in [2.24, 2.45) is 5.92 Å². The molecule has 3 nitrogen and oxygen atoms in total. The molecule has 86 valence electrons. The van der Waals surface area contributed by atoms with Gasteiger partial charge in [-0.05, 0) is 18.8 Å². The second-order valence-electron chi connectivity index (χ2n) is 5.37. The van der Waals surface area contributed by atoms with Crippen molar-refractivity contribution in [2.45, 2.75) is 51.0 Å². The molecule has 2 aliphatic rings. The van der Waals surface area contributed by atoms with E-state index in [-0.39, 0.29) is 5.54 Å². The van der Waals surface area contributed by atoms with Crippen LogP contribution in [0.5, 0.6) is 0 Å². The van der Waals surface area contributed by atoms with Crippen LogP contribution in [0, 0.1) is 5.92 Å². The molecular weight excluding hydrogens is 190 g/mol. The van der Waals surface area contributed by atoms with E-state index in [1.54, 1.807) is 0 Å². The van der Waals surface area contributed by atoms with Crippen molar-refractivity contribution in [3.8, 4) is 0 Å². The standard InChI is InChI=1S/C12H21NO2/c1-10-8-13(9-10)12(7-11(14)15)5-3-2-4-6-12/h10H,2-9H2,1H3,(H,14,15). The molecule has 0 bridgehead atoms. The minimum Gasteiger partial charge on any atom is -0.481 e. The van der Waals surface area contributed by atoms with Crippen LogP contribution in [-0.2, 0) is 4.79 Å². The van der Waals surface area contributed by atoms with Gasteiger partial charge in [-0.3, -0.25) is 9.69 Å². The molecule has 0 radical (unpaired) electrons. The Labute approximate surface area is 91.5 Å². The summed E-state index contributed by atoms with van der Waals surface area (Å²) in [7, 11) is 0. The molecule has 3 heteroatoms. The summed E-state index contributed by atoms with van der Waals surface area (Å²) in [6.45, 7) is 4.45. The molecule has 0 aromatic rings. The fourth-order valence-electron chi connectivity index (χ4n) is 3.18. The first-order chi connectivity index (χ1) is 7.12. The fraction of sp³-hybridized carbons (Fsp3) is 0.917. The maximum atomic E-state index is 11.0. The SMILES string of the molecule is CC1CN(C2(CC(=O)O)CCCCC2)C1. The smallest absolute Gasteiger partial charge is 0.305 e. The third-order valence-electron chi connectivity index (χ3n) is 4.00. The van der Waals surface area contributed by atoms with Gasteiger partial charge in [0.05, 0.1) is 6.42 Å². The van der Waals surface area contributed by atoms with Gasteiger partial charge in [0.2, 0.25) is 0 Å². The van der Waals surface area contributed by atoms with Crippen molar-refractivity contribution in [3.63, 3.8) is 0 Å². The second-order valence-corrected chi connectivity index (χ2v) is 5.37. The lowest BCUT2D eigenvalue weighted by atomic mass is 9.75. The highest BCUT2D eigenvalue weighted by Crippen LogP contribution is 2.40. The fourth-order valence-corrected chi connectivity index (χ4v) is 3.18. The van der Waals surface area contributed by atoms with E-state index in [4.69, 9.17) is 5.11 Å². The lowest BCUT2D eigenvalue weighted by Crippen LogP contribution is -2.60. The Bertz CT molecular complexity index is 240. The summed E-state index contributed by atoms with van der Waals surface area (Å²) in [5, 5.41) is 9.04. The van der Waals surface area contributed by atoms with Gasteiger partial charge in [-0.25, -0.2) is 0 Å². The zero-order valence-electron chi connectivity index (χ0n) is 9.54. The predicted molar refractivity (Wildman–Crippen MR) is 58.8 cm³/mol. The minimum atomic E-state index is -0.628. The summed E-state index contributed by atoms with van der Waals surface area (Å²) in [6.07, 6.45) is 6.22. The second kappa shape index (κ2) is 4.12. The number of hydrogen-bond acceptors (Lipinski definition) is 2. The average Bonchev–Trinajstić information content (AvgIpc) is 2.13. The summed E-state index contributed by atoms with van der Waals surface area (Å²) in [5.41, 5.74) is 0.0105. The van der Waals surface area contributed by atoms with Crippen LogP contribution in [0.2, 0.25) is 0 Å². The Morgan fingerprint density at radius 3 is 2.40 bits per heavy atom. The number of aliphatic carboxylic acids is 1. The van der Waals surface area contributed by atoms with Crippen LogP contribution >= 0.6 is 0 Å². The molecule has 1 aliphatic carbocycles. The number of carboxylic acids is 1. The lowest BCUT2D eigenvalue weighted by molar-refractivity contribution is -0.143. The van der Waals surface area contributed by atoms with Gasteiger partial charge in [-0.15, -0.1) is 0 Å². The molecule has 15 heavy (non-hydrogen) atoms. The van der Waals surface area contributed by atoms with Gasteiger partial charge in [0.1, 0.15) is 0 Å². The Balaban J connectivity index is 2.03. The number of hydrogen-bond donors (Lipinski definition) is 1. The quantitative estimate of drug-likeness (QED) is 0.777. The van der Waals surface area contributed by atoms with Crippen molar-refractivity contribution in [2.75, 3.05) is 13.1 Å². The van der Waals surface area contributed by atoms with Gasteiger partial charge >= 0.3 is 5.97 Å². The molecule has 2 rings (SSSR count). The van der Waals surface area contributed by atoms with Crippen molar-refractivity contribution < 1.29 is 9.90 Å². The molecule has 2 fully saturated rings. The van der Waals surface area contributed by atoms with E-state index in [1.807, 2.05) is 0 Å². The first-order valence-electron chi connectivity index (χ1n) is 6.09. The predicted octanol–water partition coefficient (Wildman–Crippen LogP) is 2.12. The maximum Gasteiger partial charge on any atom is 0.305 e. The average molecular weight is 211 g/mol. The van der Waals surface area contributed by atoms with Crippen LogP contribution in [0.15, 0.2) is 0 Å². The van der Waals surface area contributed by atoms with Gasteiger partial charge in [-0.1, -0.05) is 26.2 Å². The van der Waals surface area contributed by atoms with E-state index < -0.39 is 5.97 Å². The van der Waals surface area contributed by atoms with E-state index in [2.05, 4.69) is 11.8 Å². The first-order valence-corrected chi connectivity index (χ1v) is 6.09. The van der Waals surface area contributed by atoms with Crippen LogP contribution < -0.4 is 0 Å². The molecule has 0 unspecified atom stereocenters. The molecule has 1 N–H and O–H groups in total. The molecule has 0 atom stereocenters. The maximum absolute atomic E-state index is 11.0. The van der Waals surface area contributed by atoms with E-state index in [0.717, 1.165) is 31.8 Å². The van der Waals surface area contributed by atoms with Gasteiger partial charge < -0.3 is 5.11 Å². The molecule has 0 spiro atoms. The van der Waals surface area contributed by atoms with Crippen LogP contribution in [0.3, 0.4) is 0 Å². The van der Waals surface area contributed by atoms with E-state index in [9.17, 15) is 4.79 Å². The third kappa shape index (κ3) is 2.17. The van der Waals surface area contributed by atoms with E-state index in [1.165, 1.54) is 19.3 Å². The topological polar surface area (TPSA) is 40.5 Å². The number of carbonyl (C=O) groups is 1. The number of rotatable bonds is 3. The van der Waals surface area contributed by atoms with E-state index >= 15 is 0 Å². The highest BCUT2D eigenvalue weighted by Gasteiger charge is 2.44. The first kappa shape index (κ1) is 10.9. The van der Waals surface area contributed by atoms with E-state index in [0.29, 0.717) is 6.42 Å². The molecule has 0 amide bonds. The highest BCUT2D eigenvalue weighted by molar-refractivity contribution is 5.68.